The van der Waals surface area contributed by atoms with Crippen LogP contribution in [0, 0.1) is 0 Å². The topological polar surface area (TPSA) is 78.8 Å². The highest BCUT2D eigenvalue weighted by molar-refractivity contribution is 5.47. The van der Waals surface area contributed by atoms with Gasteiger partial charge < -0.3 is 21.4 Å². The maximum absolute atomic E-state index is 13.2. The lowest BCUT2D eigenvalue weighted by molar-refractivity contribution is -0.141. The molecule has 35 heavy (non-hydrogen) atoms. The molecule has 1 aliphatic rings. The zero-order valence-corrected chi connectivity index (χ0v) is 19.8. The van der Waals surface area contributed by atoms with Crippen LogP contribution in [0.15, 0.2) is 68.0 Å². The standard InChI is InChI=1S/C22H25F5N4.C2H4.CH5N/c23-20(24)14-29-18-5-3-4-16(12-18)15-7-9-17(10-8-15)30-21-6-1-2-11-28-13-19(31-21)22(25,26)27;2*1-2/h1-6,11-13,15,17,20,29-31H,7-10,14H2;1-2H2;2H2,1H3. The maximum Gasteiger partial charge on any atom is 0.432 e. The average molecular weight is 500 g/mol. The first kappa shape index (κ1) is 29.9. The van der Waals surface area contributed by atoms with Crippen LogP contribution in [0.4, 0.5) is 33.5 Å². The Balaban J connectivity index is 0.00000145. The fraction of sp³-hybridized carbons (Fsp3) is 0.400. The highest BCUT2D eigenvalue weighted by Crippen LogP contribution is 2.35. The van der Waals surface area contributed by atoms with Crippen LogP contribution in [0.1, 0.15) is 42.9 Å². The summed E-state index contributed by atoms with van der Waals surface area (Å²) in [4.78, 5) is 6.04. The van der Waals surface area contributed by atoms with Crippen molar-refractivity contribution in [1.29, 1.82) is 0 Å². The van der Waals surface area contributed by atoms with Gasteiger partial charge in [-0.2, -0.15) is 13.2 Å². The number of alkyl halides is 5. The number of nitrogens with one attached hydrogen (secondary N) is 3. The van der Waals surface area contributed by atoms with Crippen molar-refractivity contribution in [3.63, 3.8) is 0 Å². The van der Waals surface area contributed by atoms with Gasteiger partial charge in [-0.1, -0.05) is 18.2 Å². The fourth-order valence-electron chi connectivity index (χ4n) is 3.70. The molecule has 1 aromatic heterocycles. The first-order valence-electron chi connectivity index (χ1n) is 11.2. The molecule has 0 amide bonds. The molecule has 0 aliphatic heterocycles. The molecule has 0 radical (unpaired) electrons. The fourth-order valence-corrected chi connectivity index (χ4v) is 3.70. The van der Waals surface area contributed by atoms with Crippen molar-refractivity contribution in [3.05, 3.63) is 79.3 Å². The monoisotopic (exact) mass is 499 g/mol. The number of anilines is 2. The maximum atomic E-state index is 13.2. The normalized spacial score (nSPS) is 17.1. The van der Waals surface area contributed by atoms with Gasteiger partial charge in [-0.05, 0) is 68.5 Å². The summed E-state index contributed by atoms with van der Waals surface area (Å²) >= 11 is 0. The van der Waals surface area contributed by atoms with E-state index in [1.54, 1.807) is 24.3 Å². The third kappa shape index (κ3) is 10.8. The molecule has 1 aromatic carbocycles. The highest BCUT2D eigenvalue weighted by Gasteiger charge is 2.32. The van der Waals surface area contributed by atoms with Gasteiger partial charge in [-0.3, -0.25) is 4.98 Å². The van der Waals surface area contributed by atoms with Gasteiger partial charge in [0.05, 0.1) is 12.7 Å². The van der Waals surface area contributed by atoms with Crippen LogP contribution in [-0.2, 0) is 6.18 Å². The van der Waals surface area contributed by atoms with Gasteiger partial charge in [-0.15, -0.1) is 13.2 Å². The van der Waals surface area contributed by atoms with Crippen molar-refractivity contribution in [1.82, 2.24) is 9.97 Å². The van der Waals surface area contributed by atoms with Crippen LogP contribution in [0.25, 0.3) is 0 Å². The van der Waals surface area contributed by atoms with Crippen molar-refractivity contribution < 1.29 is 22.0 Å². The Hall–Kier alpha value is -3.14. The Morgan fingerprint density at radius 3 is 2.37 bits per heavy atom. The molecule has 1 heterocycles. The highest BCUT2D eigenvalue weighted by atomic mass is 19.4. The molecule has 5 N–H and O–H groups in total. The summed E-state index contributed by atoms with van der Waals surface area (Å²) in [7, 11) is 1.50. The second-order valence-electron chi connectivity index (χ2n) is 7.52. The molecule has 0 saturated heterocycles. The van der Waals surface area contributed by atoms with Crippen molar-refractivity contribution in [2.45, 2.75) is 50.2 Å². The quantitative estimate of drug-likeness (QED) is 0.262. The predicted molar refractivity (Wildman–Crippen MR) is 132 cm³/mol. The van der Waals surface area contributed by atoms with E-state index in [0.29, 0.717) is 5.69 Å². The molecule has 5 nitrogen and oxygen atoms in total. The summed E-state index contributed by atoms with van der Waals surface area (Å²) in [5.41, 5.74) is 5.31. The van der Waals surface area contributed by atoms with Crippen LogP contribution >= 0.6 is 0 Å². The van der Waals surface area contributed by atoms with E-state index in [2.05, 4.69) is 39.5 Å². The number of nitrogens with two attached hydrogens (primary N) is 1. The van der Waals surface area contributed by atoms with E-state index in [0.717, 1.165) is 37.4 Å². The lowest BCUT2D eigenvalue weighted by Crippen LogP contribution is -2.26. The van der Waals surface area contributed by atoms with Gasteiger partial charge >= 0.3 is 6.18 Å². The second-order valence-corrected chi connectivity index (χ2v) is 7.52. The summed E-state index contributed by atoms with van der Waals surface area (Å²) < 4.78 is 64.4. The Bertz CT molecular complexity index is 907. The summed E-state index contributed by atoms with van der Waals surface area (Å²) in [5.74, 6) is 0.555. The number of rotatable bonds is 6. The van der Waals surface area contributed by atoms with Crippen molar-refractivity contribution in [2.75, 3.05) is 24.2 Å². The van der Waals surface area contributed by atoms with Gasteiger partial charge in [0.15, 0.2) is 0 Å². The Labute approximate surface area is 203 Å². The molecule has 1 aliphatic carbocycles. The molecule has 1 fully saturated rings. The SMILES string of the molecule is C=C.CN.FC(F)CNc1cccc(C2CCC(Nc3ccccncc(C(F)(F)F)[nH]3)CC2)c1. The Kier molecular flexibility index (Phi) is 13.4. The van der Waals surface area contributed by atoms with Crippen LogP contribution in [-0.4, -0.2) is 36.0 Å². The third-order valence-electron chi connectivity index (χ3n) is 5.23. The summed E-state index contributed by atoms with van der Waals surface area (Å²) in [6, 6.07) is 12.3. The van der Waals surface area contributed by atoms with E-state index in [1.807, 2.05) is 18.2 Å². The molecule has 10 heteroatoms. The van der Waals surface area contributed by atoms with E-state index < -0.39 is 24.8 Å². The summed E-state index contributed by atoms with van der Waals surface area (Å²) in [6.45, 7) is 5.61. The molecule has 3 rings (SSSR count). The van der Waals surface area contributed by atoms with Gasteiger partial charge in [0.25, 0.3) is 6.43 Å². The minimum absolute atomic E-state index is 0.0275. The summed E-state index contributed by atoms with van der Waals surface area (Å²) in [5, 5.41) is 5.91. The number of H-pyrrole nitrogens is 1. The van der Waals surface area contributed by atoms with Gasteiger partial charge in [-0.25, -0.2) is 8.78 Å². The van der Waals surface area contributed by atoms with Crippen LogP contribution in [0.2, 0.25) is 0 Å². The molecule has 194 valence electrons. The number of aromatic amines is 1. The largest absolute Gasteiger partial charge is 0.432 e. The van der Waals surface area contributed by atoms with E-state index in [9.17, 15) is 22.0 Å². The second kappa shape index (κ2) is 15.7. The number of benzene rings is 1. The first-order chi connectivity index (χ1) is 16.8. The van der Waals surface area contributed by atoms with E-state index in [4.69, 9.17) is 0 Å². The molecular formula is C25H34F5N5. The Morgan fingerprint density at radius 2 is 1.74 bits per heavy atom. The number of hydrogen-bond acceptors (Lipinski definition) is 4. The van der Waals surface area contributed by atoms with Gasteiger partial charge in [0.1, 0.15) is 11.5 Å². The molecular weight excluding hydrogens is 465 g/mol. The summed E-state index contributed by atoms with van der Waals surface area (Å²) in [6.07, 6.45) is -1.63. The molecule has 2 aromatic rings. The predicted octanol–water partition coefficient (Wildman–Crippen LogP) is 6.75. The molecule has 0 spiro atoms. The molecule has 0 bridgehead atoms. The van der Waals surface area contributed by atoms with Crippen LogP contribution < -0.4 is 16.4 Å². The van der Waals surface area contributed by atoms with Crippen LogP contribution in [0.5, 0.6) is 0 Å². The van der Waals surface area contributed by atoms with Crippen molar-refractivity contribution in [2.24, 2.45) is 5.73 Å². The number of hydrogen-bond donors (Lipinski definition) is 4. The zero-order valence-electron chi connectivity index (χ0n) is 19.8. The minimum atomic E-state index is -4.54. The van der Waals surface area contributed by atoms with Crippen molar-refractivity contribution >= 4 is 11.5 Å². The molecule has 1 saturated carbocycles. The average Bonchev–Trinajstić information content (AvgIpc) is 2.98. The van der Waals surface area contributed by atoms with Crippen molar-refractivity contribution in [3.8, 4) is 0 Å². The first-order valence-corrected chi connectivity index (χ1v) is 11.2. The number of nitrogens with zero attached hydrogens (tertiary/aromatic N) is 1. The minimum Gasteiger partial charge on any atom is -0.379 e. The lowest BCUT2D eigenvalue weighted by Gasteiger charge is -2.30. The van der Waals surface area contributed by atoms with E-state index in [1.165, 1.54) is 13.2 Å². The molecule has 0 unspecified atom stereocenters. The smallest absolute Gasteiger partial charge is 0.379 e. The number of aromatic nitrogens is 2. The lowest BCUT2D eigenvalue weighted by atomic mass is 9.81. The van der Waals surface area contributed by atoms with Gasteiger partial charge in [0, 0.05) is 17.9 Å². The zero-order chi connectivity index (χ0) is 26.3. The van der Waals surface area contributed by atoms with E-state index >= 15 is 0 Å². The molecule has 0 atom stereocenters. The number of halogens is 5. The van der Waals surface area contributed by atoms with Crippen LogP contribution in [0.3, 0.4) is 0 Å². The van der Waals surface area contributed by atoms with Gasteiger partial charge in [0.2, 0.25) is 0 Å². The third-order valence-corrected chi connectivity index (χ3v) is 5.23. The Morgan fingerprint density at radius 1 is 1.06 bits per heavy atom. The van der Waals surface area contributed by atoms with E-state index in [-0.39, 0.29) is 17.8 Å².